The van der Waals surface area contributed by atoms with Gasteiger partial charge in [0.15, 0.2) is 17.3 Å². The molecule has 3 N–H and O–H groups in total. The molecule has 0 bridgehead atoms. The number of anilines is 1. The van der Waals surface area contributed by atoms with Gasteiger partial charge in [0, 0.05) is 13.2 Å². The lowest BCUT2D eigenvalue weighted by Gasteiger charge is -2.12. The van der Waals surface area contributed by atoms with Crippen LogP contribution in [-0.4, -0.2) is 30.6 Å². The molecule has 0 fully saturated rings. The number of ether oxygens (including phenoxy) is 1. The van der Waals surface area contributed by atoms with E-state index in [1.165, 1.54) is 7.11 Å². The van der Waals surface area contributed by atoms with Crippen molar-refractivity contribution in [2.45, 2.75) is 6.04 Å². The quantitative estimate of drug-likeness (QED) is 0.610. The molecule has 0 heterocycles. The van der Waals surface area contributed by atoms with Crippen LogP contribution in [-0.2, 0) is 9.53 Å². The molecule has 0 saturated heterocycles. The number of hydrogen-bond donors (Lipinski definition) is 2. The molecule has 1 rings (SSSR count). The van der Waals surface area contributed by atoms with Gasteiger partial charge in [-0.3, -0.25) is 14.9 Å². The number of nitrogens with two attached hydrogens (primary N) is 1. The van der Waals surface area contributed by atoms with E-state index in [1.807, 2.05) is 5.32 Å². The zero-order valence-corrected chi connectivity index (χ0v) is 9.85. The summed E-state index contributed by atoms with van der Waals surface area (Å²) >= 11 is 0. The second-order valence-electron chi connectivity index (χ2n) is 3.56. The second-order valence-corrected chi connectivity index (χ2v) is 3.56. The Labute approximate surface area is 106 Å². The molecular weight excluding hydrogens is 264 g/mol. The van der Waals surface area contributed by atoms with Gasteiger partial charge in [-0.25, -0.2) is 8.78 Å². The van der Waals surface area contributed by atoms with Crippen LogP contribution in [0.2, 0.25) is 0 Å². The Hall–Kier alpha value is -2.13. The summed E-state index contributed by atoms with van der Waals surface area (Å²) in [6.45, 7) is -0.170. The molecule has 7 nitrogen and oxygen atoms in total. The van der Waals surface area contributed by atoms with Crippen molar-refractivity contribution in [2.24, 2.45) is 5.73 Å². The number of methoxy groups -OCH3 is 1. The Kier molecular flexibility index (Phi) is 4.84. The molecule has 0 radical (unpaired) electrons. The molecule has 1 aromatic rings. The Bertz CT molecular complexity index is 510. The third-order valence-electron chi connectivity index (χ3n) is 2.20. The summed E-state index contributed by atoms with van der Waals surface area (Å²) in [6, 6.07) is 0.181. The lowest BCUT2D eigenvalue weighted by Crippen LogP contribution is -2.39. The molecule has 0 aromatic heterocycles. The lowest BCUT2D eigenvalue weighted by atomic mass is 10.2. The Balaban J connectivity index is 3.08. The summed E-state index contributed by atoms with van der Waals surface area (Å²) < 4.78 is 31.1. The van der Waals surface area contributed by atoms with Crippen LogP contribution < -0.4 is 11.1 Å². The number of hydrogen-bond acceptors (Lipinski definition) is 5. The Morgan fingerprint density at radius 2 is 2.21 bits per heavy atom. The topological polar surface area (TPSA) is 107 Å². The van der Waals surface area contributed by atoms with Gasteiger partial charge >= 0.3 is 0 Å². The summed E-state index contributed by atoms with van der Waals surface area (Å²) in [4.78, 5) is 21.2. The molecule has 1 amide bonds. The van der Waals surface area contributed by atoms with Crippen LogP contribution in [0.3, 0.4) is 0 Å². The van der Waals surface area contributed by atoms with Crippen LogP contribution in [0.5, 0.6) is 0 Å². The predicted molar refractivity (Wildman–Crippen MR) is 61.5 cm³/mol. The molecule has 19 heavy (non-hydrogen) atoms. The van der Waals surface area contributed by atoms with Crippen LogP contribution >= 0.6 is 0 Å². The van der Waals surface area contributed by atoms with E-state index in [4.69, 9.17) is 5.73 Å². The minimum absolute atomic E-state index is 0.170. The fourth-order valence-electron chi connectivity index (χ4n) is 1.28. The highest BCUT2D eigenvalue weighted by molar-refractivity contribution is 5.96. The van der Waals surface area contributed by atoms with E-state index in [0.717, 1.165) is 6.07 Å². The molecular formula is C10H11F2N3O4. The highest BCUT2D eigenvalue weighted by Gasteiger charge is 2.25. The van der Waals surface area contributed by atoms with Gasteiger partial charge in [0.05, 0.1) is 11.5 Å². The SMILES string of the molecule is COCC(N)C(=O)Nc1c([N+](=O)[O-])ccc(F)c1F. The average molecular weight is 275 g/mol. The van der Waals surface area contributed by atoms with Gasteiger partial charge in [-0.2, -0.15) is 0 Å². The fourth-order valence-corrected chi connectivity index (χ4v) is 1.28. The standard InChI is InChI=1S/C10H11F2N3O4/c1-19-4-6(13)10(16)14-9-7(15(17)18)3-2-5(11)8(9)12/h2-3,6H,4,13H2,1H3,(H,14,16). The number of nitrogens with zero attached hydrogens (tertiary/aromatic N) is 1. The van der Waals surface area contributed by atoms with Gasteiger partial charge in [0.1, 0.15) is 6.04 Å². The first-order chi connectivity index (χ1) is 8.88. The lowest BCUT2D eigenvalue weighted by molar-refractivity contribution is -0.384. The van der Waals surface area contributed by atoms with Crippen molar-refractivity contribution < 1.29 is 23.2 Å². The molecule has 1 atom stereocenters. The van der Waals surface area contributed by atoms with E-state index in [0.29, 0.717) is 6.07 Å². The van der Waals surface area contributed by atoms with Gasteiger partial charge in [0.25, 0.3) is 5.69 Å². The molecule has 0 aliphatic rings. The zero-order chi connectivity index (χ0) is 14.6. The number of amides is 1. The summed E-state index contributed by atoms with van der Waals surface area (Å²) in [6.07, 6.45) is 0. The van der Waals surface area contributed by atoms with Crippen molar-refractivity contribution in [3.8, 4) is 0 Å². The van der Waals surface area contributed by atoms with Gasteiger partial charge in [-0.15, -0.1) is 0 Å². The van der Waals surface area contributed by atoms with E-state index in [1.54, 1.807) is 0 Å². The minimum Gasteiger partial charge on any atom is -0.383 e. The minimum atomic E-state index is -1.52. The monoisotopic (exact) mass is 275 g/mol. The third-order valence-corrected chi connectivity index (χ3v) is 2.20. The molecule has 104 valence electrons. The van der Waals surface area contributed by atoms with Crippen molar-refractivity contribution >= 4 is 17.3 Å². The smallest absolute Gasteiger partial charge is 0.296 e. The number of benzene rings is 1. The van der Waals surface area contributed by atoms with E-state index in [2.05, 4.69) is 4.74 Å². The predicted octanol–water partition coefficient (Wildman–Crippen LogP) is 0.785. The second kappa shape index (κ2) is 6.16. The number of nitrogens with one attached hydrogen (secondary N) is 1. The molecule has 0 saturated carbocycles. The van der Waals surface area contributed by atoms with Crippen LogP contribution in [0.15, 0.2) is 12.1 Å². The van der Waals surface area contributed by atoms with Crippen LogP contribution in [0.25, 0.3) is 0 Å². The molecule has 0 spiro atoms. The van der Waals surface area contributed by atoms with Gasteiger partial charge in [0.2, 0.25) is 5.91 Å². The van der Waals surface area contributed by atoms with Crippen LogP contribution in [0.4, 0.5) is 20.2 Å². The number of nitro benzene ring substituents is 1. The summed E-state index contributed by atoms with van der Waals surface area (Å²) in [5.41, 5.74) is 3.74. The van der Waals surface area contributed by atoms with Crippen LogP contribution in [0.1, 0.15) is 0 Å². The summed E-state index contributed by atoms with van der Waals surface area (Å²) in [5, 5.41) is 12.6. The van der Waals surface area contributed by atoms with Gasteiger partial charge in [-0.05, 0) is 6.07 Å². The first-order valence-electron chi connectivity index (χ1n) is 5.06. The van der Waals surface area contributed by atoms with Crippen molar-refractivity contribution in [2.75, 3.05) is 19.0 Å². The van der Waals surface area contributed by atoms with E-state index >= 15 is 0 Å². The third kappa shape index (κ3) is 3.42. The average Bonchev–Trinajstić information content (AvgIpc) is 2.34. The van der Waals surface area contributed by atoms with Gasteiger partial charge in [-0.1, -0.05) is 0 Å². The first-order valence-corrected chi connectivity index (χ1v) is 5.06. The number of carbonyl (C=O) groups is 1. The van der Waals surface area contributed by atoms with Crippen LogP contribution in [0, 0.1) is 21.7 Å². The van der Waals surface area contributed by atoms with Crippen molar-refractivity contribution in [1.29, 1.82) is 0 Å². The van der Waals surface area contributed by atoms with Gasteiger partial charge < -0.3 is 15.8 Å². The maximum absolute atomic E-state index is 13.5. The first kappa shape index (κ1) is 14.9. The van der Waals surface area contributed by atoms with E-state index in [-0.39, 0.29) is 6.61 Å². The summed E-state index contributed by atoms with van der Waals surface area (Å²) in [5.74, 6) is -3.76. The van der Waals surface area contributed by atoms with Crippen molar-refractivity contribution in [3.63, 3.8) is 0 Å². The highest BCUT2D eigenvalue weighted by atomic mass is 19.2. The number of rotatable bonds is 5. The van der Waals surface area contributed by atoms with E-state index < -0.39 is 39.9 Å². The maximum atomic E-state index is 13.5. The molecule has 1 unspecified atom stereocenters. The Morgan fingerprint density at radius 1 is 1.58 bits per heavy atom. The van der Waals surface area contributed by atoms with Crippen molar-refractivity contribution in [3.05, 3.63) is 33.9 Å². The fraction of sp³-hybridized carbons (Fsp3) is 0.300. The number of halogens is 2. The Morgan fingerprint density at radius 3 is 2.74 bits per heavy atom. The number of carbonyl (C=O) groups excluding carboxylic acids is 1. The summed E-state index contributed by atoms with van der Waals surface area (Å²) in [7, 11) is 1.29. The maximum Gasteiger partial charge on any atom is 0.296 e. The molecule has 1 aromatic carbocycles. The largest absolute Gasteiger partial charge is 0.383 e. The van der Waals surface area contributed by atoms with E-state index in [9.17, 15) is 23.7 Å². The zero-order valence-electron chi connectivity index (χ0n) is 9.85. The molecule has 0 aliphatic heterocycles. The molecule has 0 aliphatic carbocycles. The molecule has 9 heteroatoms. The van der Waals surface area contributed by atoms with Crippen molar-refractivity contribution in [1.82, 2.24) is 0 Å². The number of nitro groups is 1. The normalized spacial score (nSPS) is 12.0. The highest BCUT2D eigenvalue weighted by Crippen LogP contribution is 2.29.